The van der Waals surface area contributed by atoms with Crippen molar-refractivity contribution in [2.45, 2.75) is 32.7 Å². The molecule has 0 saturated heterocycles. The normalized spacial score (nSPS) is 12.0. The van der Waals surface area contributed by atoms with Crippen LogP contribution < -0.4 is 10.6 Å². The van der Waals surface area contributed by atoms with Gasteiger partial charge in [0, 0.05) is 13.0 Å². The molecule has 0 bridgehead atoms. The zero-order valence-electron chi connectivity index (χ0n) is 14.1. The van der Waals surface area contributed by atoms with Gasteiger partial charge in [0.25, 0.3) is 0 Å². The first-order valence-corrected chi connectivity index (χ1v) is 8.19. The molecule has 0 unspecified atom stereocenters. The predicted molar refractivity (Wildman–Crippen MR) is 92.3 cm³/mol. The first-order chi connectivity index (χ1) is 11.6. The quantitative estimate of drug-likeness (QED) is 0.781. The number of benzene rings is 1. The van der Waals surface area contributed by atoms with Crippen LogP contribution in [0.2, 0.25) is 0 Å². The molecule has 0 spiro atoms. The molecule has 0 saturated carbocycles. The highest BCUT2D eigenvalue weighted by molar-refractivity contribution is 5.88. The molecule has 0 aliphatic rings. The van der Waals surface area contributed by atoms with Gasteiger partial charge in [-0.2, -0.15) is 0 Å². The SMILES string of the molecule is CC(C)[C@H](NC(=O)Cc1ccccc1)C(=O)NCCc1ccco1. The Morgan fingerprint density at radius 3 is 2.46 bits per heavy atom. The maximum Gasteiger partial charge on any atom is 0.242 e. The zero-order valence-corrected chi connectivity index (χ0v) is 14.1. The van der Waals surface area contributed by atoms with Crippen molar-refractivity contribution in [2.24, 2.45) is 5.92 Å². The van der Waals surface area contributed by atoms with E-state index in [1.54, 1.807) is 6.26 Å². The topological polar surface area (TPSA) is 71.3 Å². The lowest BCUT2D eigenvalue weighted by Gasteiger charge is -2.21. The van der Waals surface area contributed by atoms with E-state index in [1.807, 2.05) is 56.3 Å². The van der Waals surface area contributed by atoms with Crippen LogP contribution in [-0.2, 0) is 22.4 Å². The molecule has 5 nitrogen and oxygen atoms in total. The first-order valence-electron chi connectivity index (χ1n) is 8.19. The molecule has 24 heavy (non-hydrogen) atoms. The summed E-state index contributed by atoms with van der Waals surface area (Å²) in [6, 6.07) is 12.6. The van der Waals surface area contributed by atoms with Gasteiger partial charge in [0.1, 0.15) is 11.8 Å². The van der Waals surface area contributed by atoms with Gasteiger partial charge in [-0.25, -0.2) is 0 Å². The van der Waals surface area contributed by atoms with Crippen LogP contribution >= 0.6 is 0 Å². The molecular formula is C19H24N2O3. The number of furan rings is 1. The van der Waals surface area contributed by atoms with E-state index in [0.717, 1.165) is 11.3 Å². The van der Waals surface area contributed by atoms with Crippen LogP contribution in [0, 0.1) is 5.92 Å². The maximum absolute atomic E-state index is 12.3. The summed E-state index contributed by atoms with van der Waals surface area (Å²) in [6.45, 7) is 4.31. The van der Waals surface area contributed by atoms with Crippen molar-refractivity contribution >= 4 is 11.8 Å². The van der Waals surface area contributed by atoms with Crippen molar-refractivity contribution in [3.8, 4) is 0 Å². The third kappa shape index (κ3) is 5.57. The molecule has 2 N–H and O–H groups in total. The zero-order chi connectivity index (χ0) is 17.4. The summed E-state index contributed by atoms with van der Waals surface area (Å²) < 4.78 is 5.23. The van der Waals surface area contributed by atoms with Gasteiger partial charge >= 0.3 is 0 Å². The van der Waals surface area contributed by atoms with Crippen LogP contribution in [0.1, 0.15) is 25.2 Å². The Kier molecular flexibility index (Phi) is 6.61. The third-order valence-electron chi connectivity index (χ3n) is 3.72. The van der Waals surface area contributed by atoms with E-state index < -0.39 is 6.04 Å². The number of nitrogens with one attached hydrogen (secondary N) is 2. The van der Waals surface area contributed by atoms with Crippen LogP contribution in [-0.4, -0.2) is 24.4 Å². The molecule has 2 aromatic rings. The minimum atomic E-state index is -0.544. The fourth-order valence-electron chi connectivity index (χ4n) is 2.41. The van der Waals surface area contributed by atoms with Crippen molar-refractivity contribution in [1.29, 1.82) is 0 Å². The Morgan fingerprint density at radius 1 is 1.08 bits per heavy atom. The average molecular weight is 328 g/mol. The molecule has 128 valence electrons. The minimum Gasteiger partial charge on any atom is -0.469 e. The van der Waals surface area contributed by atoms with Gasteiger partial charge in [-0.05, 0) is 23.6 Å². The van der Waals surface area contributed by atoms with Crippen LogP contribution in [0.25, 0.3) is 0 Å². The summed E-state index contributed by atoms with van der Waals surface area (Å²) in [6.07, 6.45) is 2.50. The number of amides is 2. The molecule has 0 fully saturated rings. The fourth-order valence-corrected chi connectivity index (χ4v) is 2.41. The van der Waals surface area contributed by atoms with Crippen molar-refractivity contribution in [3.05, 3.63) is 60.1 Å². The molecule has 1 aromatic heterocycles. The Hall–Kier alpha value is -2.56. The number of carbonyl (C=O) groups excluding carboxylic acids is 2. The first kappa shape index (κ1) is 17.8. The Bertz CT molecular complexity index is 636. The maximum atomic E-state index is 12.3. The van der Waals surface area contributed by atoms with Gasteiger partial charge in [-0.3, -0.25) is 9.59 Å². The van der Waals surface area contributed by atoms with Crippen molar-refractivity contribution < 1.29 is 14.0 Å². The van der Waals surface area contributed by atoms with Gasteiger partial charge in [-0.15, -0.1) is 0 Å². The molecule has 0 radical (unpaired) electrons. The lowest BCUT2D eigenvalue weighted by molar-refractivity contribution is -0.129. The van der Waals surface area contributed by atoms with Gasteiger partial charge in [0.05, 0.1) is 12.7 Å². The largest absolute Gasteiger partial charge is 0.469 e. The minimum absolute atomic E-state index is 0.00772. The average Bonchev–Trinajstić information content (AvgIpc) is 3.06. The summed E-state index contributed by atoms with van der Waals surface area (Å²) >= 11 is 0. The number of hydrogen-bond acceptors (Lipinski definition) is 3. The second-order valence-electron chi connectivity index (χ2n) is 6.07. The molecular weight excluding hydrogens is 304 g/mol. The highest BCUT2D eigenvalue weighted by Gasteiger charge is 2.23. The molecule has 0 aliphatic carbocycles. The predicted octanol–water partition coefficient (Wildman–Crippen LogP) is 2.32. The van der Waals surface area contributed by atoms with Gasteiger partial charge in [0.2, 0.25) is 11.8 Å². The second kappa shape index (κ2) is 8.91. The molecule has 1 atom stereocenters. The van der Waals surface area contributed by atoms with E-state index in [9.17, 15) is 9.59 Å². The molecule has 2 amide bonds. The molecule has 1 aromatic carbocycles. The van der Waals surface area contributed by atoms with Crippen molar-refractivity contribution in [2.75, 3.05) is 6.54 Å². The smallest absolute Gasteiger partial charge is 0.242 e. The van der Waals surface area contributed by atoms with Gasteiger partial charge in [0.15, 0.2) is 0 Å². The molecule has 0 aliphatic heterocycles. The molecule has 5 heteroatoms. The van der Waals surface area contributed by atoms with Crippen LogP contribution in [0.5, 0.6) is 0 Å². The van der Waals surface area contributed by atoms with Crippen LogP contribution in [0.3, 0.4) is 0 Å². The lowest BCUT2D eigenvalue weighted by Crippen LogP contribution is -2.50. The van der Waals surface area contributed by atoms with Gasteiger partial charge in [-0.1, -0.05) is 44.2 Å². The van der Waals surface area contributed by atoms with E-state index in [4.69, 9.17) is 4.42 Å². The Labute approximate surface area is 142 Å². The number of hydrogen-bond donors (Lipinski definition) is 2. The summed E-state index contributed by atoms with van der Waals surface area (Å²) in [7, 11) is 0. The van der Waals surface area contributed by atoms with E-state index in [1.165, 1.54) is 0 Å². The highest BCUT2D eigenvalue weighted by atomic mass is 16.3. The van der Waals surface area contributed by atoms with Crippen molar-refractivity contribution in [3.63, 3.8) is 0 Å². The summed E-state index contributed by atoms with van der Waals surface area (Å²) in [5.74, 6) is 0.511. The van der Waals surface area contributed by atoms with E-state index in [2.05, 4.69) is 10.6 Å². The van der Waals surface area contributed by atoms with Crippen molar-refractivity contribution in [1.82, 2.24) is 10.6 Å². The van der Waals surface area contributed by atoms with Crippen LogP contribution in [0.4, 0.5) is 0 Å². The lowest BCUT2D eigenvalue weighted by atomic mass is 10.0. The fraction of sp³-hybridized carbons (Fsp3) is 0.368. The number of carbonyl (C=O) groups is 2. The van der Waals surface area contributed by atoms with Crippen LogP contribution in [0.15, 0.2) is 53.1 Å². The molecule has 1 heterocycles. The standard InChI is InChI=1S/C19H24N2O3/c1-14(2)18(19(23)20-11-10-16-9-6-12-24-16)21-17(22)13-15-7-4-3-5-8-15/h3-9,12,14,18H,10-11,13H2,1-2H3,(H,20,23)(H,21,22)/t18-/m0/s1. The summed E-state index contributed by atoms with van der Waals surface area (Å²) in [5.41, 5.74) is 0.927. The van der Waals surface area contributed by atoms with E-state index in [-0.39, 0.29) is 24.2 Å². The van der Waals surface area contributed by atoms with E-state index >= 15 is 0 Å². The Morgan fingerprint density at radius 2 is 1.83 bits per heavy atom. The highest BCUT2D eigenvalue weighted by Crippen LogP contribution is 2.05. The van der Waals surface area contributed by atoms with E-state index in [0.29, 0.717) is 13.0 Å². The number of rotatable bonds is 8. The second-order valence-corrected chi connectivity index (χ2v) is 6.07. The third-order valence-corrected chi connectivity index (χ3v) is 3.72. The molecule has 2 rings (SSSR count). The summed E-state index contributed by atoms with van der Waals surface area (Å²) in [4.78, 5) is 24.5. The summed E-state index contributed by atoms with van der Waals surface area (Å²) in [5, 5.41) is 5.69. The Balaban J connectivity index is 1.83. The van der Waals surface area contributed by atoms with Gasteiger partial charge < -0.3 is 15.1 Å². The monoisotopic (exact) mass is 328 g/mol.